The molecule has 1 atom stereocenters. The van der Waals surface area contributed by atoms with Gasteiger partial charge in [0.05, 0.1) is 0 Å². The van der Waals surface area contributed by atoms with E-state index >= 15 is 0 Å². The Labute approximate surface area is 170 Å². The second-order valence-corrected chi connectivity index (χ2v) is 7.33. The summed E-state index contributed by atoms with van der Waals surface area (Å²) in [4.78, 5) is 36.4. The number of rotatable bonds is 8. The number of carboxylic acids is 1. The van der Waals surface area contributed by atoms with Gasteiger partial charge in [-0.05, 0) is 37.2 Å². The molecule has 0 unspecified atom stereocenters. The maximum atomic E-state index is 12.5. The highest BCUT2D eigenvalue weighted by atomic mass is 16.5. The van der Waals surface area contributed by atoms with Crippen LogP contribution in [0.4, 0.5) is 0 Å². The number of nitrogens with one attached hydrogen (secondary N) is 1. The predicted molar refractivity (Wildman–Crippen MR) is 106 cm³/mol. The molecule has 1 aliphatic rings. The van der Waals surface area contributed by atoms with E-state index in [1.807, 2.05) is 44.2 Å². The summed E-state index contributed by atoms with van der Waals surface area (Å²) in [6, 6.07) is 8.54. The van der Waals surface area contributed by atoms with Gasteiger partial charge in [-0.25, -0.2) is 9.80 Å². The second kappa shape index (κ2) is 12.2. The Kier molecular flexibility index (Phi) is 10.4. The Bertz CT molecular complexity index is 663. The van der Waals surface area contributed by atoms with E-state index in [1.165, 1.54) is 0 Å². The molecule has 9 nitrogen and oxygen atoms in total. The van der Waals surface area contributed by atoms with Gasteiger partial charge in [-0.1, -0.05) is 44.2 Å². The monoisotopic (exact) mass is 408 g/mol. The normalized spacial score (nSPS) is 13.7. The molecule has 2 amide bonds. The van der Waals surface area contributed by atoms with Crippen LogP contribution in [0.15, 0.2) is 30.3 Å². The number of aliphatic carboxylic acids is 1. The average molecular weight is 408 g/mol. The molecule has 0 radical (unpaired) electrons. The van der Waals surface area contributed by atoms with Gasteiger partial charge in [-0.15, -0.1) is 0 Å². The van der Waals surface area contributed by atoms with E-state index in [1.54, 1.807) is 0 Å². The zero-order valence-corrected chi connectivity index (χ0v) is 16.7. The molecule has 2 rings (SSSR count). The van der Waals surface area contributed by atoms with Crippen molar-refractivity contribution >= 4 is 25.1 Å². The molecular weight excluding hydrogens is 379 g/mol. The van der Waals surface area contributed by atoms with Gasteiger partial charge in [0.15, 0.2) is 6.04 Å². The second-order valence-electron chi connectivity index (χ2n) is 7.33. The first-order chi connectivity index (χ1) is 13.6. The lowest BCUT2D eigenvalue weighted by Gasteiger charge is -2.30. The molecule has 160 valence electrons. The molecule has 10 heteroatoms. The molecule has 0 heterocycles. The lowest BCUT2D eigenvalue weighted by Crippen LogP contribution is -2.55. The van der Waals surface area contributed by atoms with E-state index in [-0.39, 0.29) is 30.1 Å². The number of carbonyl (C=O) groups excluding carboxylic acids is 2. The fraction of sp³-hybridized carbons (Fsp3) is 0.526. The Hall–Kier alpha value is -2.43. The number of hydrogen-bond acceptors (Lipinski definition) is 6. The first-order valence-corrected chi connectivity index (χ1v) is 9.55. The van der Waals surface area contributed by atoms with Gasteiger partial charge in [0.2, 0.25) is 11.8 Å². The number of aryl methyl sites for hydroxylation is 1. The Morgan fingerprint density at radius 1 is 1.14 bits per heavy atom. The number of hydrogen-bond donors (Lipinski definition) is 5. The highest BCUT2D eigenvalue weighted by Crippen LogP contribution is 2.31. The standard InChI is InChI=1S/C19H26N2O4.BH3O3/c1-13(2)12-16(19(24)25)21(18(23)15-9-10-15)20-17(22)11-8-14-6-4-3-5-7-14;2-1(3)4/h3-7,13,15-16H,8-12H2,1-2H3,(H,20,22)(H,24,25);2-4H/t16-;/m0./s1. The number of nitrogens with zero attached hydrogens (tertiary/aromatic N) is 1. The SMILES string of the molecule is CC(C)C[C@@H](C(=O)O)N(NC(=O)CCc1ccccc1)C(=O)C1CC1.OB(O)O. The maximum Gasteiger partial charge on any atom is 0.631 e. The smallest absolute Gasteiger partial charge is 0.480 e. The van der Waals surface area contributed by atoms with Crippen molar-refractivity contribution in [3.8, 4) is 0 Å². The van der Waals surface area contributed by atoms with Crippen LogP contribution in [-0.2, 0) is 20.8 Å². The Balaban J connectivity index is 0.000000960. The van der Waals surface area contributed by atoms with Crippen LogP contribution in [-0.4, -0.2) is 56.3 Å². The molecule has 1 saturated carbocycles. The first kappa shape index (κ1) is 24.6. The van der Waals surface area contributed by atoms with Crippen LogP contribution in [0, 0.1) is 11.8 Å². The van der Waals surface area contributed by atoms with Crippen molar-refractivity contribution in [2.75, 3.05) is 0 Å². The summed E-state index contributed by atoms with van der Waals surface area (Å²) >= 11 is 0. The van der Waals surface area contributed by atoms with Crippen LogP contribution >= 0.6 is 0 Å². The number of hydrazine groups is 1. The Morgan fingerprint density at radius 2 is 1.69 bits per heavy atom. The van der Waals surface area contributed by atoms with Crippen molar-refractivity contribution in [1.82, 2.24) is 10.4 Å². The van der Waals surface area contributed by atoms with Crippen LogP contribution in [0.25, 0.3) is 0 Å². The topological polar surface area (TPSA) is 147 Å². The van der Waals surface area contributed by atoms with Crippen molar-refractivity contribution in [3.63, 3.8) is 0 Å². The molecule has 5 N–H and O–H groups in total. The van der Waals surface area contributed by atoms with Crippen molar-refractivity contribution in [1.29, 1.82) is 0 Å². The van der Waals surface area contributed by atoms with Crippen LogP contribution in [0.5, 0.6) is 0 Å². The average Bonchev–Trinajstić information content (AvgIpc) is 3.47. The van der Waals surface area contributed by atoms with Crippen molar-refractivity contribution in [2.45, 2.75) is 52.0 Å². The fourth-order valence-electron chi connectivity index (χ4n) is 2.67. The van der Waals surface area contributed by atoms with Gasteiger partial charge in [0.25, 0.3) is 0 Å². The zero-order valence-electron chi connectivity index (χ0n) is 16.7. The van der Waals surface area contributed by atoms with E-state index in [0.717, 1.165) is 23.4 Å². The van der Waals surface area contributed by atoms with Crippen LogP contribution in [0.2, 0.25) is 0 Å². The van der Waals surface area contributed by atoms with Gasteiger partial charge in [0, 0.05) is 12.3 Å². The lowest BCUT2D eigenvalue weighted by molar-refractivity contribution is -0.157. The molecule has 1 fully saturated rings. The van der Waals surface area contributed by atoms with Gasteiger partial charge in [-0.3, -0.25) is 15.0 Å². The Morgan fingerprint density at radius 3 is 2.14 bits per heavy atom. The van der Waals surface area contributed by atoms with E-state index in [2.05, 4.69) is 5.43 Å². The van der Waals surface area contributed by atoms with Crippen molar-refractivity contribution in [3.05, 3.63) is 35.9 Å². The van der Waals surface area contributed by atoms with Gasteiger partial charge < -0.3 is 20.2 Å². The number of amides is 2. The van der Waals surface area contributed by atoms with Gasteiger partial charge >= 0.3 is 13.3 Å². The van der Waals surface area contributed by atoms with E-state index in [0.29, 0.717) is 12.8 Å². The van der Waals surface area contributed by atoms with Crippen molar-refractivity contribution < 1.29 is 34.6 Å². The molecule has 0 spiro atoms. The quantitative estimate of drug-likeness (QED) is 0.308. The van der Waals surface area contributed by atoms with Crippen LogP contribution in [0.3, 0.4) is 0 Å². The van der Waals surface area contributed by atoms with Crippen molar-refractivity contribution in [2.24, 2.45) is 11.8 Å². The number of benzene rings is 1. The van der Waals surface area contributed by atoms with Gasteiger partial charge in [0.1, 0.15) is 0 Å². The number of carbonyl (C=O) groups is 3. The molecule has 0 aromatic heterocycles. The number of carboxylic acid groups (broad SMARTS) is 1. The highest BCUT2D eigenvalue weighted by Gasteiger charge is 2.39. The minimum Gasteiger partial charge on any atom is -0.480 e. The maximum absolute atomic E-state index is 12.5. The summed E-state index contributed by atoms with van der Waals surface area (Å²) in [5, 5.41) is 32.1. The molecule has 0 bridgehead atoms. The van der Waals surface area contributed by atoms with E-state index in [4.69, 9.17) is 15.1 Å². The highest BCUT2D eigenvalue weighted by molar-refractivity contribution is 6.30. The summed E-state index contributed by atoms with van der Waals surface area (Å²) in [5.41, 5.74) is 3.58. The molecule has 1 aliphatic carbocycles. The molecule has 1 aromatic rings. The van der Waals surface area contributed by atoms with Gasteiger partial charge in [-0.2, -0.15) is 0 Å². The summed E-state index contributed by atoms with van der Waals surface area (Å²) in [6.07, 6.45) is 2.55. The molecular formula is C19H29BN2O7. The van der Waals surface area contributed by atoms with E-state index in [9.17, 15) is 19.5 Å². The summed E-state index contributed by atoms with van der Waals surface area (Å²) in [7, 11) is -2.17. The van der Waals surface area contributed by atoms with E-state index < -0.39 is 19.3 Å². The predicted octanol–water partition coefficient (Wildman–Crippen LogP) is 0.336. The summed E-state index contributed by atoms with van der Waals surface area (Å²) in [6.45, 7) is 3.79. The first-order valence-electron chi connectivity index (χ1n) is 9.55. The third kappa shape index (κ3) is 10.1. The zero-order chi connectivity index (χ0) is 22.0. The molecule has 1 aromatic carbocycles. The molecule has 29 heavy (non-hydrogen) atoms. The third-order valence-corrected chi connectivity index (χ3v) is 4.18. The largest absolute Gasteiger partial charge is 0.631 e. The third-order valence-electron chi connectivity index (χ3n) is 4.18. The summed E-state index contributed by atoms with van der Waals surface area (Å²) < 4.78 is 0. The molecule has 0 saturated heterocycles. The minimum atomic E-state index is -2.17. The minimum absolute atomic E-state index is 0.0943. The van der Waals surface area contributed by atoms with Crippen LogP contribution < -0.4 is 5.43 Å². The summed E-state index contributed by atoms with van der Waals surface area (Å²) in [5.74, 6) is -1.79. The molecule has 0 aliphatic heterocycles. The fourth-order valence-corrected chi connectivity index (χ4v) is 2.67. The lowest BCUT2D eigenvalue weighted by atomic mass is 10.0. The van der Waals surface area contributed by atoms with Crippen LogP contribution in [0.1, 0.15) is 45.1 Å².